The van der Waals surface area contributed by atoms with E-state index >= 15 is 0 Å². The first-order valence-electron chi connectivity index (χ1n) is 8.45. The lowest BCUT2D eigenvalue weighted by Crippen LogP contribution is -2.41. The fourth-order valence-electron chi connectivity index (χ4n) is 2.46. The Morgan fingerprint density at radius 2 is 1.92 bits per heavy atom. The van der Waals surface area contributed by atoms with Crippen molar-refractivity contribution in [3.05, 3.63) is 46.7 Å². The second-order valence-corrected chi connectivity index (χ2v) is 6.91. The number of thiophene rings is 1. The lowest BCUT2D eigenvalue weighted by atomic mass is 10.3. The van der Waals surface area contributed by atoms with Crippen molar-refractivity contribution in [2.24, 2.45) is 0 Å². The smallest absolute Gasteiger partial charge is 0.238 e. The maximum atomic E-state index is 12.4. The summed E-state index contributed by atoms with van der Waals surface area (Å²) in [5.74, 6) is 0.422. The Morgan fingerprint density at radius 3 is 2.58 bits per heavy atom. The number of benzene rings is 1. The minimum absolute atomic E-state index is 0.00894. The highest BCUT2D eigenvalue weighted by Crippen LogP contribution is 2.22. The summed E-state index contributed by atoms with van der Waals surface area (Å²) < 4.78 is 5.24. The summed E-state index contributed by atoms with van der Waals surface area (Å²) in [4.78, 5) is 29.4. The Morgan fingerprint density at radius 1 is 1.15 bits per heavy atom. The number of para-hydroxylation sites is 2. The van der Waals surface area contributed by atoms with E-state index in [1.807, 2.05) is 41.5 Å². The van der Waals surface area contributed by atoms with Crippen LogP contribution in [0.1, 0.15) is 11.8 Å². The van der Waals surface area contributed by atoms with Crippen molar-refractivity contribution >= 4 is 28.8 Å². The van der Waals surface area contributed by atoms with Crippen LogP contribution in [0, 0.1) is 0 Å². The fourth-order valence-corrected chi connectivity index (χ4v) is 3.21. The molecule has 1 aromatic heterocycles. The van der Waals surface area contributed by atoms with Crippen LogP contribution in [0.25, 0.3) is 0 Å². The Labute approximate surface area is 158 Å². The van der Waals surface area contributed by atoms with Crippen molar-refractivity contribution in [1.82, 2.24) is 9.80 Å². The normalized spacial score (nSPS) is 10.6. The summed E-state index contributed by atoms with van der Waals surface area (Å²) in [5.41, 5.74) is 0.622. The molecule has 0 saturated carbocycles. The number of methoxy groups -OCH3 is 1. The van der Waals surface area contributed by atoms with Crippen LogP contribution in [0.5, 0.6) is 5.75 Å². The second-order valence-electron chi connectivity index (χ2n) is 5.88. The zero-order valence-electron chi connectivity index (χ0n) is 15.4. The van der Waals surface area contributed by atoms with E-state index in [1.54, 1.807) is 42.5 Å². The molecule has 0 unspecified atom stereocenters. The van der Waals surface area contributed by atoms with Gasteiger partial charge in [-0.15, -0.1) is 11.3 Å². The number of nitrogens with one attached hydrogen (secondary N) is 1. The topological polar surface area (TPSA) is 61.9 Å². The Kier molecular flexibility index (Phi) is 7.62. The van der Waals surface area contributed by atoms with Gasteiger partial charge in [-0.2, -0.15) is 0 Å². The average molecular weight is 375 g/mol. The van der Waals surface area contributed by atoms with Gasteiger partial charge in [0, 0.05) is 11.9 Å². The third-order valence-electron chi connectivity index (χ3n) is 3.95. The molecule has 2 aromatic rings. The molecule has 0 aliphatic heterocycles. The minimum atomic E-state index is -0.176. The molecular weight excluding hydrogens is 350 g/mol. The lowest BCUT2D eigenvalue weighted by Gasteiger charge is -2.23. The molecule has 0 bridgehead atoms. The van der Waals surface area contributed by atoms with E-state index in [-0.39, 0.29) is 24.9 Å². The molecule has 1 heterocycles. The molecule has 140 valence electrons. The van der Waals surface area contributed by atoms with E-state index in [2.05, 4.69) is 5.32 Å². The molecule has 0 spiro atoms. The standard InChI is InChI=1S/C19H25N3O3S/c1-4-22(14-19(24)21(2)12-15-8-7-11-26-15)13-18(23)20-16-9-5-6-10-17(16)25-3/h5-11H,4,12-14H2,1-3H3,(H,20,23). The first kappa shape index (κ1) is 19.9. The molecule has 0 aliphatic carbocycles. The quantitative estimate of drug-likeness (QED) is 0.732. The number of rotatable bonds is 9. The first-order valence-corrected chi connectivity index (χ1v) is 9.33. The van der Waals surface area contributed by atoms with Gasteiger partial charge in [0.15, 0.2) is 0 Å². The maximum absolute atomic E-state index is 12.4. The second kappa shape index (κ2) is 9.94. The molecule has 1 aromatic carbocycles. The van der Waals surface area contributed by atoms with Gasteiger partial charge in [-0.25, -0.2) is 0 Å². The van der Waals surface area contributed by atoms with Crippen LogP contribution in [0.4, 0.5) is 5.69 Å². The highest BCUT2D eigenvalue weighted by Gasteiger charge is 2.17. The number of hydrogen-bond acceptors (Lipinski definition) is 5. The van der Waals surface area contributed by atoms with Crippen LogP contribution >= 0.6 is 11.3 Å². The third-order valence-corrected chi connectivity index (χ3v) is 4.81. The van der Waals surface area contributed by atoms with Gasteiger partial charge < -0.3 is 15.0 Å². The molecule has 2 rings (SSSR count). The third kappa shape index (κ3) is 5.86. The molecule has 7 heteroatoms. The van der Waals surface area contributed by atoms with Crippen molar-refractivity contribution in [3.8, 4) is 5.75 Å². The van der Waals surface area contributed by atoms with Crippen LogP contribution in [0.15, 0.2) is 41.8 Å². The molecule has 0 fully saturated rings. The van der Waals surface area contributed by atoms with E-state index in [4.69, 9.17) is 4.74 Å². The van der Waals surface area contributed by atoms with E-state index in [1.165, 1.54) is 0 Å². The molecule has 26 heavy (non-hydrogen) atoms. The number of likely N-dealkylation sites (N-methyl/N-ethyl adjacent to an activating group) is 2. The highest BCUT2D eigenvalue weighted by atomic mass is 32.1. The molecule has 6 nitrogen and oxygen atoms in total. The number of amides is 2. The molecule has 0 aliphatic rings. The van der Waals surface area contributed by atoms with E-state index < -0.39 is 0 Å². The van der Waals surface area contributed by atoms with Gasteiger partial charge >= 0.3 is 0 Å². The Balaban J connectivity index is 1.87. The van der Waals surface area contributed by atoms with Crippen LogP contribution < -0.4 is 10.1 Å². The predicted octanol–water partition coefficient (Wildman–Crippen LogP) is 2.68. The van der Waals surface area contributed by atoms with Gasteiger partial charge in [-0.1, -0.05) is 25.1 Å². The van der Waals surface area contributed by atoms with Crippen molar-refractivity contribution < 1.29 is 14.3 Å². The van der Waals surface area contributed by atoms with E-state index in [9.17, 15) is 9.59 Å². The Bertz CT molecular complexity index is 719. The van der Waals surface area contributed by atoms with Gasteiger partial charge in [0.1, 0.15) is 5.75 Å². The van der Waals surface area contributed by atoms with Gasteiger partial charge in [-0.05, 0) is 30.1 Å². The average Bonchev–Trinajstić information content (AvgIpc) is 3.14. The molecule has 1 N–H and O–H groups in total. The SMILES string of the molecule is CCN(CC(=O)Nc1ccccc1OC)CC(=O)N(C)Cc1cccs1. The first-order chi connectivity index (χ1) is 12.5. The summed E-state index contributed by atoms with van der Waals surface area (Å²) in [5, 5.41) is 4.83. The molecule has 2 amide bonds. The van der Waals surface area contributed by atoms with Gasteiger partial charge in [0.2, 0.25) is 11.8 Å². The molecular formula is C19H25N3O3S. The number of nitrogens with zero attached hydrogens (tertiary/aromatic N) is 2. The van der Waals surface area contributed by atoms with Crippen molar-refractivity contribution in [1.29, 1.82) is 0 Å². The summed E-state index contributed by atoms with van der Waals surface area (Å²) >= 11 is 1.63. The van der Waals surface area contributed by atoms with E-state index in [0.29, 0.717) is 24.5 Å². The largest absolute Gasteiger partial charge is 0.495 e. The van der Waals surface area contributed by atoms with Crippen molar-refractivity contribution in [2.75, 3.05) is 39.1 Å². The molecule has 0 radical (unpaired) electrons. The number of carbonyl (C=O) groups excluding carboxylic acids is 2. The van der Waals surface area contributed by atoms with Crippen LogP contribution in [-0.4, -0.2) is 55.4 Å². The minimum Gasteiger partial charge on any atom is -0.495 e. The zero-order valence-corrected chi connectivity index (χ0v) is 16.2. The summed E-state index contributed by atoms with van der Waals surface area (Å²) in [6.07, 6.45) is 0. The van der Waals surface area contributed by atoms with Crippen LogP contribution in [0.2, 0.25) is 0 Å². The van der Waals surface area contributed by atoms with Crippen molar-refractivity contribution in [2.45, 2.75) is 13.5 Å². The lowest BCUT2D eigenvalue weighted by molar-refractivity contribution is -0.132. The van der Waals surface area contributed by atoms with Gasteiger partial charge in [0.25, 0.3) is 0 Å². The number of carbonyl (C=O) groups is 2. The molecule has 0 atom stereocenters. The monoisotopic (exact) mass is 375 g/mol. The zero-order chi connectivity index (χ0) is 18.9. The predicted molar refractivity (Wildman–Crippen MR) is 105 cm³/mol. The number of hydrogen-bond donors (Lipinski definition) is 1. The summed E-state index contributed by atoms with van der Waals surface area (Å²) in [6.45, 7) is 3.48. The number of anilines is 1. The summed E-state index contributed by atoms with van der Waals surface area (Å²) in [7, 11) is 3.34. The highest BCUT2D eigenvalue weighted by molar-refractivity contribution is 7.09. The van der Waals surface area contributed by atoms with Crippen molar-refractivity contribution in [3.63, 3.8) is 0 Å². The fraction of sp³-hybridized carbons (Fsp3) is 0.368. The van der Waals surface area contributed by atoms with Crippen LogP contribution in [-0.2, 0) is 16.1 Å². The number of ether oxygens (including phenoxy) is 1. The summed E-state index contributed by atoms with van der Waals surface area (Å²) in [6, 6.07) is 11.2. The maximum Gasteiger partial charge on any atom is 0.238 e. The van der Waals surface area contributed by atoms with E-state index in [0.717, 1.165) is 4.88 Å². The van der Waals surface area contributed by atoms with Crippen LogP contribution in [0.3, 0.4) is 0 Å². The Hall–Kier alpha value is -2.38. The molecule has 0 saturated heterocycles. The van der Waals surface area contributed by atoms with Gasteiger partial charge in [-0.3, -0.25) is 14.5 Å². The van der Waals surface area contributed by atoms with Gasteiger partial charge in [0.05, 0.1) is 32.4 Å².